The van der Waals surface area contributed by atoms with Crippen molar-refractivity contribution in [2.45, 2.75) is 58.2 Å². The molecule has 1 fully saturated rings. The van der Waals surface area contributed by atoms with Crippen LogP contribution in [0.5, 0.6) is 5.75 Å². The van der Waals surface area contributed by atoms with Gasteiger partial charge in [-0.25, -0.2) is 0 Å². The molecule has 1 saturated carbocycles. The van der Waals surface area contributed by atoms with Crippen molar-refractivity contribution in [2.75, 3.05) is 39.5 Å². The van der Waals surface area contributed by atoms with Crippen LogP contribution in [-0.2, 0) is 16.0 Å². The number of carbonyl (C=O) groups is 1. The van der Waals surface area contributed by atoms with Gasteiger partial charge in [0.2, 0.25) is 5.91 Å². The highest BCUT2D eigenvalue weighted by atomic mass is 32.1. The van der Waals surface area contributed by atoms with Crippen LogP contribution in [0.4, 0.5) is 0 Å². The van der Waals surface area contributed by atoms with Gasteiger partial charge in [0, 0.05) is 30.6 Å². The highest BCUT2D eigenvalue weighted by Crippen LogP contribution is 2.35. The first kappa shape index (κ1) is 25.2. The van der Waals surface area contributed by atoms with Gasteiger partial charge in [0.1, 0.15) is 12.4 Å². The first-order chi connectivity index (χ1) is 16.4. The summed E-state index contributed by atoms with van der Waals surface area (Å²) in [5, 5.41) is 12.6. The van der Waals surface area contributed by atoms with Crippen LogP contribution in [0.15, 0.2) is 35.7 Å². The van der Waals surface area contributed by atoms with Crippen LogP contribution < -0.4 is 4.74 Å². The number of ether oxygens (including phenoxy) is 2. The Morgan fingerprint density at radius 2 is 2.09 bits per heavy atom. The van der Waals surface area contributed by atoms with Gasteiger partial charge in [-0.1, -0.05) is 26.0 Å². The summed E-state index contributed by atoms with van der Waals surface area (Å²) in [5.41, 5.74) is 2.36. The molecular weight excluding hydrogens is 448 g/mol. The van der Waals surface area contributed by atoms with Gasteiger partial charge in [-0.15, -0.1) is 11.3 Å². The average molecular weight is 487 g/mol. The standard InChI is InChI=1S/C27H38N2O4S/c1-19(2)16-32-17-22(30)14-28(21-7-8-21)15-27(31)29-11-9-26-24(10-12-34-26)25(29)18-33-23-6-4-5-20(3)13-23/h4-6,10,12-13,19,21-22,25,30H,7-9,11,14-18H2,1-3H3/t22-,25-/m1/s1. The van der Waals surface area contributed by atoms with Crippen LogP contribution >= 0.6 is 11.3 Å². The van der Waals surface area contributed by atoms with Crippen molar-refractivity contribution in [1.29, 1.82) is 0 Å². The van der Waals surface area contributed by atoms with E-state index in [1.807, 2.05) is 23.1 Å². The van der Waals surface area contributed by atoms with Crippen molar-refractivity contribution in [3.05, 3.63) is 51.7 Å². The van der Waals surface area contributed by atoms with Gasteiger partial charge in [-0.05, 0) is 66.8 Å². The predicted octanol–water partition coefficient (Wildman–Crippen LogP) is 4.06. The van der Waals surface area contributed by atoms with Crippen LogP contribution in [0.3, 0.4) is 0 Å². The number of thiophene rings is 1. The van der Waals surface area contributed by atoms with Crippen molar-refractivity contribution in [3.63, 3.8) is 0 Å². The zero-order valence-electron chi connectivity index (χ0n) is 20.6. The summed E-state index contributed by atoms with van der Waals surface area (Å²) in [6.45, 7) is 9.12. The van der Waals surface area contributed by atoms with Crippen LogP contribution in [0, 0.1) is 12.8 Å². The quantitative estimate of drug-likeness (QED) is 0.490. The molecule has 2 aromatic rings. The fourth-order valence-corrected chi connectivity index (χ4v) is 5.49. The summed E-state index contributed by atoms with van der Waals surface area (Å²) in [5.74, 6) is 1.38. The Bertz CT molecular complexity index is 942. The zero-order chi connectivity index (χ0) is 24.1. The maximum absolute atomic E-state index is 13.6. The van der Waals surface area contributed by atoms with Crippen molar-refractivity contribution in [3.8, 4) is 5.75 Å². The molecule has 1 N–H and O–H groups in total. The Labute approximate surface area is 207 Å². The topological polar surface area (TPSA) is 62.2 Å². The number of fused-ring (bicyclic) bond motifs is 1. The molecule has 2 atom stereocenters. The molecule has 2 heterocycles. The number of hydrogen-bond donors (Lipinski definition) is 1. The van der Waals surface area contributed by atoms with Crippen molar-refractivity contribution >= 4 is 17.2 Å². The van der Waals surface area contributed by atoms with Crippen LogP contribution in [0.2, 0.25) is 0 Å². The van der Waals surface area contributed by atoms with Gasteiger partial charge >= 0.3 is 0 Å². The summed E-state index contributed by atoms with van der Waals surface area (Å²) in [7, 11) is 0. The number of aryl methyl sites for hydroxylation is 1. The van der Waals surface area contributed by atoms with E-state index >= 15 is 0 Å². The first-order valence-electron chi connectivity index (χ1n) is 12.5. The number of amides is 1. The SMILES string of the molecule is Cc1cccc(OC[C@@H]2c3ccsc3CCN2C(=O)CN(C[C@@H](O)COCC(C)C)C2CC2)c1. The lowest BCUT2D eigenvalue weighted by atomic mass is 10.0. The summed E-state index contributed by atoms with van der Waals surface area (Å²) in [6.07, 6.45) is 2.47. The molecule has 0 unspecified atom stereocenters. The zero-order valence-corrected chi connectivity index (χ0v) is 21.4. The van der Waals surface area contributed by atoms with E-state index in [1.54, 1.807) is 11.3 Å². The molecule has 2 aliphatic rings. The Morgan fingerprint density at radius 3 is 2.82 bits per heavy atom. The number of nitrogens with zero attached hydrogens (tertiary/aromatic N) is 2. The normalized spacial score (nSPS) is 18.9. The van der Waals surface area contributed by atoms with E-state index in [0.29, 0.717) is 51.4 Å². The van der Waals surface area contributed by atoms with Gasteiger partial charge in [-0.3, -0.25) is 9.69 Å². The molecule has 34 heavy (non-hydrogen) atoms. The number of benzene rings is 1. The predicted molar refractivity (Wildman–Crippen MR) is 135 cm³/mol. The molecule has 1 aromatic heterocycles. The second-order valence-corrected chi connectivity index (χ2v) is 11.0. The molecule has 0 bridgehead atoms. The highest BCUT2D eigenvalue weighted by molar-refractivity contribution is 7.10. The van der Waals surface area contributed by atoms with Gasteiger partial charge in [0.15, 0.2) is 0 Å². The summed E-state index contributed by atoms with van der Waals surface area (Å²) in [6, 6.07) is 10.5. The third-order valence-electron chi connectivity index (χ3n) is 6.42. The van der Waals surface area contributed by atoms with Gasteiger partial charge in [-0.2, -0.15) is 0 Å². The maximum atomic E-state index is 13.6. The third kappa shape index (κ3) is 6.81. The van der Waals surface area contributed by atoms with Gasteiger partial charge < -0.3 is 19.5 Å². The Hall–Kier alpha value is -1.93. The lowest BCUT2D eigenvalue weighted by Gasteiger charge is -2.37. The van der Waals surface area contributed by atoms with E-state index in [-0.39, 0.29) is 11.9 Å². The molecule has 1 aromatic carbocycles. The molecule has 1 amide bonds. The number of rotatable bonds is 12. The number of hydrogen-bond acceptors (Lipinski definition) is 6. The van der Waals surface area contributed by atoms with Crippen LogP contribution in [-0.4, -0.2) is 72.4 Å². The molecule has 186 valence electrons. The highest BCUT2D eigenvalue weighted by Gasteiger charge is 2.36. The lowest BCUT2D eigenvalue weighted by molar-refractivity contribution is -0.136. The number of carbonyl (C=O) groups excluding carboxylic acids is 1. The molecular formula is C27H38N2O4S. The lowest BCUT2D eigenvalue weighted by Crippen LogP contribution is -2.48. The minimum Gasteiger partial charge on any atom is -0.491 e. The maximum Gasteiger partial charge on any atom is 0.237 e. The van der Waals surface area contributed by atoms with E-state index in [9.17, 15) is 9.90 Å². The fourth-order valence-electron chi connectivity index (χ4n) is 4.57. The smallest absolute Gasteiger partial charge is 0.237 e. The number of aliphatic hydroxyl groups is 1. The third-order valence-corrected chi connectivity index (χ3v) is 7.42. The van der Waals surface area contributed by atoms with E-state index in [1.165, 1.54) is 10.4 Å². The van der Waals surface area contributed by atoms with Crippen molar-refractivity contribution in [2.24, 2.45) is 5.92 Å². The van der Waals surface area contributed by atoms with Gasteiger partial charge in [0.05, 0.1) is 25.3 Å². The van der Waals surface area contributed by atoms with E-state index in [4.69, 9.17) is 9.47 Å². The Kier molecular flexibility index (Phi) is 8.64. The number of aliphatic hydroxyl groups excluding tert-OH is 1. The molecule has 0 saturated heterocycles. The summed E-state index contributed by atoms with van der Waals surface area (Å²) in [4.78, 5) is 19.0. The molecule has 7 heteroatoms. The molecule has 1 aliphatic heterocycles. The van der Waals surface area contributed by atoms with E-state index < -0.39 is 6.10 Å². The second kappa shape index (κ2) is 11.7. The minimum absolute atomic E-state index is 0.0941. The Morgan fingerprint density at radius 1 is 1.26 bits per heavy atom. The van der Waals surface area contributed by atoms with Crippen LogP contribution in [0.25, 0.3) is 0 Å². The second-order valence-electron chi connectivity index (χ2n) is 10.0. The fraction of sp³-hybridized carbons (Fsp3) is 0.593. The van der Waals surface area contributed by atoms with Gasteiger partial charge in [0.25, 0.3) is 0 Å². The summed E-state index contributed by atoms with van der Waals surface area (Å²) >= 11 is 1.76. The Balaban J connectivity index is 1.40. The molecule has 4 rings (SSSR count). The average Bonchev–Trinajstić information content (AvgIpc) is 3.53. The molecule has 1 aliphatic carbocycles. The summed E-state index contributed by atoms with van der Waals surface area (Å²) < 4.78 is 11.8. The van der Waals surface area contributed by atoms with E-state index in [2.05, 4.69) is 43.2 Å². The largest absolute Gasteiger partial charge is 0.491 e. The van der Waals surface area contributed by atoms with Crippen molar-refractivity contribution < 1.29 is 19.4 Å². The molecule has 0 radical (unpaired) electrons. The first-order valence-corrected chi connectivity index (χ1v) is 13.3. The monoisotopic (exact) mass is 486 g/mol. The molecule has 6 nitrogen and oxygen atoms in total. The van der Waals surface area contributed by atoms with Crippen molar-refractivity contribution in [1.82, 2.24) is 9.80 Å². The van der Waals surface area contributed by atoms with Crippen LogP contribution in [0.1, 0.15) is 48.7 Å². The molecule has 0 spiro atoms. The minimum atomic E-state index is -0.586. The van der Waals surface area contributed by atoms with E-state index in [0.717, 1.165) is 30.6 Å².